The molecule has 0 fully saturated rings. The van der Waals surface area contributed by atoms with Crippen molar-refractivity contribution in [2.75, 3.05) is 19.0 Å². The summed E-state index contributed by atoms with van der Waals surface area (Å²) in [5.74, 6) is 0.955. The highest BCUT2D eigenvalue weighted by Gasteiger charge is 2.20. The summed E-state index contributed by atoms with van der Waals surface area (Å²) in [6.45, 7) is 4.83. The van der Waals surface area contributed by atoms with Crippen molar-refractivity contribution in [3.63, 3.8) is 0 Å². The molecule has 0 unspecified atom stereocenters. The van der Waals surface area contributed by atoms with Crippen LogP contribution in [0.15, 0.2) is 54.7 Å². The lowest BCUT2D eigenvalue weighted by molar-refractivity contribution is 0.399. The minimum atomic E-state index is -0.232. The van der Waals surface area contributed by atoms with Crippen molar-refractivity contribution in [1.82, 2.24) is 15.2 Å². The van der Waals surface area contributed by atoms with Crippen molar-refractivity contribution < 1.29 is 9.13 Å². The lowest BCUT2D eigenvalue weighted by atomic mass is 9.84. The first kappa shape index (κ1) is 17.8. The molecule has 134 valence electrons. The zero-order chi connectivity index (χ0) is 18.6. The Labute approximate surface area is 152 Å². The molecule has 5 nitrogen and oxygen atoms in total. The van der Waals surface area contributed by atoms with Gasteiger partial charge in [-0.3, -0.25) is 0 Å². The average Bonchev–Trinajstić information content (AvgIpc) is 2.67. The van der Waals surface area contributed by atoms with Crippen LogP contribution in [0.2, 0.25) is 0 Å². The quantitative estimate of drug-likeness (QED) is 0.724. The second-order valence-corrected chi connectivity index (χ2v) is 6.61. The van der Waals surface area contributed by atoms with Gasteiger partial charge in [0.1, 0.15) is 11.6 Å². The highest BCUT2D eigenvalue weighted by Crippen LogP contribution is 2.26. The zero-order valence-corrected chi connectivity index (χ0v) is 15.0. The summed E-state index contributed by atoms with van der Waals surface area (Å²) in [6.07, 6.45) is 1.67. The molecule has 0 saturated heterocycles. The Hall–Kier alpha value is -3.02. The molecule has 0 bridgehead atoms. The monoisotopic (exact) mass is 352 g/mol. The van der Waals surface area contributed by atoms with Gasteiger partial charge in [-0.1, -0.05) is 26.0 Å². The number of ether oxygens (including phenoxy) is 1. The van der Waals surface area contributed by atoms with Gasteiger partial charge >= 0.3 is 0 Å². The normalized spacial score (nSPS) is 11.2. The van der Waals surface area contributed by atoms with Crippen LogP contribution in [0, 0.1) is 5.82 Å². The van der Waals surface area contributed by atoms with Gasteiger partial charge in [-0.25, -0.2) is 9.37 Å². The molecule has 2 aromatic heterocycles. The molecule has 0 aliphatic carbocycles. The van der Waals surface area contributed by atoms with E-state index >= 15 is 0 Å². The Morgan fingerprint density at radius 1 is 1.04 bits per heavy atom. The lowest BCUT2D eigenvalue weighted by Crippen LogP contribution is -2.28. The van der Waals surface area contributed by atoms with Crippen LogP contribution in [-0.4, -0.2) is 28.8 Å². The Bertz CT molecular complexity index is 864. The summed E-state index contributed by atoms with van der Waals surface area (Å²) < 4.78 is 18.4. The third-order valence-electron chi connectivity index (χ3n) is 4.24. The highest BCUT2D eigenvalue weighted by molar-refractivity contribution is 5.64. The van der Waals surface area contributed by atoms with E-state index in [0.29, 0.717) is 23.9 Å². The number of pyridine rings is 1. The van der Waals surface area contributed by atoms with Gasteiger partial charge in [0.15, 0.2) is 0 Å². The van der Waals surface area contributed by atoms with Crippen LogP contribution in [0.4, 0.5) is 10.2 Å². The molecule has 0 aliphatic heterocycles. The van der Waals surface area contributed by atoms with Gasteiger partial charge in [-0.05, 0) is 42.0 Å². The second kappa shape index (κ2) is 7.47. The molecule has 0 atom stereocenters. The topological polar surface area (TPSA) is 59.9 Å². The number of methoxy groups -OCH3 is 1. The standard InChI is InChI=1S/C20H21FN4O/c1-20(2,14-6-8-15(21)9-7-14)13-23-18-11-10-17(24-25-18)16-5-4-12-22-19(16)26-3/h4-12H,13H2,1-3H3,(H,23,25). The fraction of sp³-hybridized carbons (Fsp3) is 0.250. The van der Waals surface area contributed by atoms with E-state index in [9.17, 15) is 4.39 Å². The molecule has 26 heavy (non-hydrogen) atoms. The SMILES string of the molecule is COc1ncccc1-c1ccc(NCC(C)(C)c2ccc(F)cc2)nn1. The molecule has 0 aliphatic rings. The number of hydrogen-bond acceptors (Lipinski definition) is 5. The third kappa shape index (κ3) is 3.96. The number of aromatic nitrogens is 3. The van der Waals surface area contributed by atoms with Gasteiger partial charge in [-0.2, -0.15) is 0 Å². The number of halogens is 1. The molecule has 1 aromatic carbocycles. The van der Waals surface area contributed by atoms with E-state index < -0.39 is 0 Å². The molecule has 6 heteroatoms. The summed E-state index contributed by atoms with van der Waals surface area (Å²) in [7, 11) is 1.58. The maximum Gasteiger partial charge on any atom is 0.222 e. The Morgan fingerprint density at radius 3 is 2.46 bits per heavy atom. The van der Waals surface area contributed by atoms with Crippen molar-refractivity contribution in [3.8, 4) is 17.1 Å². The van der Waals surface area contributed by atoms with Gasteiger partial charge in [0.05, 0.1) is 18.4 Å². The zero-order valence-electron chi connectivity index (χ0n) is 15.0. The molecule has 0 saturated carbocycles. The van der Waals surface area contributed by atoms with Gasteiger partial charge in [0.2, 0.25) is 5.88 Å². The van der Waals surface area contributed by atoms with E-state index in [4.69, 9.17) is 4.74 Å². The average molecular weight is 352 g/mol. The first-order valence-corrected chi connectivity index (χ1v) is 8.32. The minimum Gasteiger partial charge on any atom is -0.481 e. The minimum absolute atomic E-state index is 0.180. The van der Waals surface area contributed by atoms with E-state index in [2.05, 4.69) is 34.3 Å². The number of hydrogen-bond donors (Lipinski definition) is 1. The molecular formula is C20H21FN4O. The molecule has 0 radical (unpaired) electrons. The van der Waals surface area contributed by atoms with E-state index in [1.165, 1.54) is 12.1 Å². The molecule has 0 spiro atoms. The van der Waals surface area contributed by atoms with E-state index in [1.54, 1.807) is 25.4 Å². The van der Waals surface area contributed by atoms with Crippen LogP contribution in [-0.2, 0) is 5.41 Å². The van der Waals surface area contributed by atoms with Crippen LogP contribution in [0.1, 0.15) is 19.4 Å². The van der Waals surface area contributed by atoms with Crippen LogP contribution in [0.5, 0.6) is 5.88 Å². The molecule has 0 amide bonds. The maximum atomic E-state index is 13.1. The summed E-state index contributed by atoms with van der Waals surface area (Å²) in [5, 5.41) is 11.8. The lowest BCUT2D eigenvalue weighted by Gasteiger charge is -2.25. The molecule has 2 heterocycles. The van der Waals surface area contributed by atoms with Gasteiger partial charge < -0.3 is 10.1 Å². The summed E-state index contributed by atoms with van der Waals surface area (Å²) in [4.78, 5) is 4.17. The van der Waals surface area contributed by atoms with Crippen LogP contribution >= 0.6 is 0 Å². The number of nitrogens with zero attached hydrogens (tertiary/aromatic N) is 3. The Balaban J connectivity index is 1.70. The van der Waals surface area contributed by atoms with Crippen molar-refractivity contribution >= 4 is 5.82 Å². The van der Waals surface area contributed by atoms with Gasteiger partial charge in [0, 0.05) is 18.2 Å². The summed E-state index contributed by atoms with van der Waals surface area (Å²) in [6, 6.07) is 14.0. The summed E-state index contributed by atoms with van der Waals surface area (Å²) >= 11 is 0. The summed E-state index contributed by atoms with van der Waals surface area (Å²) in [5.41, 5.74) is 2.36. The van der Waals surface area contributed by atoms with E-state index in [0.717, 1.165) is 11.1 Å². The first-order chi connectivity index (χ1) is 12.5. The largest absolute Gasteiger partial charge is 0.481 e. The smallest absolute Gasteiger partial charge is 0.222 e. The fourth-order valence-corrected chi connectivity index (χ4v) is 2.63. The van der Waals surface area contributed by atoms with Crippen molar-refractivity contribution in [1.29, 1.82) is 0 Å². The number of benzene rings is 1. The maximum absolute atomic E-state index is 13.1. The Morgan fingerprint density at radius 2 is 1.81 bits per heavy atom. The van der Waals surface area contributed by atoms with Gasteiger partial charge in [-0.15, -0.1) is 10.2 Å². The van der Waals surface area contributed by atoms with Gasteiger partial charge in [0.25, 0.3) is 0 Å². The number of rotatable bonds is 6. The second-order valence-electron chi connectivity index (χ2n) is 6.61. The predicted octanol–water partition coefficient (Wildman–Crippen LogP) is 4.08. The van der Waals surface area contributed by atoms with E-state index in [1.807, 2.05) is 24.3 Å². The van der Waals surface area contributed by atoms with Crippen LogP contribution in [0.25, 0.3) is 11.3 Å². The van der Waals surface area contributed by atoms with Crippen molar-refractivity contribution in [2.45, 2.75) is 19.3 Å². The van der Waals surface area contributed by atoms with Crippen molar-refractivity contribution in [2.24, 2.45) is 0 Å². The third-order valence-corrected chi connectivity index (χ3v) is 4.24. The Kier molecular flexibility index (Phi) is 5.11. The van der Waals surface area contributed by atoms with Crippen molar-refractivity contribution in [3.05, 3.63) is 66.1 Å². The molecule has 3 aromatic rings. The van der Waals surface area contributed by atoms with E-state index in [-0.39, 0.29) is 11.2 Å². The first-order valence-electron chi connectivity index (χ1n) is 8.32. The fourth-order valence-electron chi connectivity index (χ4n) is 2.63. The predicted molar refractivity (Wildman–Crippen MR) is 99.7 cm³/mol. The molecule has 1 N–H and O–H groups in total. The number of nitrogens with one attached hydrogen (secondary N) is 1. The van der Waals surface area contributed by atoms with Crippen LogP contribution < -0.4 is 10.1 Å². The highest BCUT2D eigenvalue weighted by atomic mass is 19.1. The molecular weight excluding hydrogens is 331 g/mol. The number of anilines is 1. The van der Waals surface area contributed by atoms with Crippen LogP contribution in [0.3, 0.4) is 0 Å². The molecule has 3 rings (SSSR count).